The molecular formula is C17H16N4OS. The molecule has 0 aliphatic heterocycles. The van der Waals surface area contributed by atoms with E-state index >= 15 is 0 Å². The number of benzene rings is 2. The third-order valence-corrected chi connectivity index (χ3v) is 4.61. The number of anilines is 2. The van der Waals surface area contributed by atoms with Crippen molar-refractivity contribution < 1.29 is 4.74 Å². The lowest BCUT2D eigenvalue weighted by Gasteiger charge is -2.01. The van der Waals surface area contributed by atoms with E-state index in [1.165, 1.54) is 0 Å². The molecule has 2 aromatic heterocycles. The highest BCUT2D eigenvalue weighted by molar-refractivity contribution is 7.22. The topological polar surface area (TPSA) is 52.0 Å². The molecule has 0 fully saturated rings. The van der Waals surface area contributed by atoms with Crippen LogP contribution in [-0.2, 0) is 7.05 Å². The van der Waals surface area contributed by atoms with Crippen molar-refractivity contribution in [2.45, 2.75) is 6.92 Å². The number of imidazole rings is 1. The number of hydrogen-bond acceptors (Lipinski definition) is 5. The SMILES string of the molecule is CCOc1ccc2nc(Nc3nc4ccccc4n3C)sc2c1. The van der Waals surface area contributed by atoms with Crippen molar-refractivity contribution in [2.75, 3.05) is 11.9 Å². The van der Waals surface area contributed by atoms with Gasteiger partial charge in [0.2, 0.25) is 5.95 Å². The van der Waals surface area contributed by atoms with Gasteiger partial charge in [0.05, 0.1) is 27.9 Å². The fourth-order valence-electron chi connectivity index (χ4n) is 2.57. The fourth-order valence-corrected chi connectivity index (χ4v) is 3.46. The Morgan fingerprint density at radius 1 is 1.13 bits per heavy atom. The van der Waals surface area contributed by atoms with Crippen LogP contribution in [0.25, 0.3) is 21.3 Å². The molecule has 0 saturated heterocycles. The zero-order valence-electron chi connectivity index (χ0n) is 12.9. The molecule has 0 saturated carbocycles. The second-order valence-corrected chi connectivity index (χ2v) is 6.22. The first-order chi connectivity index (χ1) is 11.2. The summed E-state index contributed by atoms with van der Waals surface area (Å²) in [5.41, 5.74) is 3.02. The minimum Gasteiger partial charge on any atom is -0.494 e. The maximum Gasteiger partial charge on any atom is 0.209 e. The number of para-hydroxylation sites is 2. The average molecular weight is 324 g/mol. The summed E-state index contributed by atoms with van der Waals surface area (Å²) in [5, 5.41) is 4.15. The van der Waals surface area contributed by atoms with Crippen molar-refractivity contribution in [3.05, 3.63) is 42.5 Å². The van der Waals surface area contributed by atoms with Crippen LogP contribution < -0.4 is 10.1 Å². The third kappa shape index (κ3) is 2.51. The minimum atomic E-state index is 0.662. The molecule has 2 heterocycles. The molecule has 0 radical (unpaired) electrons. The zero-order valence-corrected chi connectivity index (χ0v) is 13.7. The summed E-state index contributed by atoms with van der Waals surface area (Å²) < 4.78 is 8.67. The van der Waals surface area contributed by atoms with Gasteiger partial charge in [0, 0.05) is 7.05 Å². The average Bonchev–Trinajstić information content (AvgIpc) is 3.09. The van der Waals surface area contributed by atoms with E-state index in [4.69, 9.17) is 4.74 Å². The third-order valence-electron chi connectivity index (χ3n) is 3.68. The number of rotatable bonds is 4. The lowest BCUT2D eigenvalue weighted by molar-refractivity contribution is 0.341. The molecular weight excluding hydrogens is 308 g/mol. The first kappa shape index (κ1) is 14.0. The van der Waals surface area contributed by atoms with Gasteiger partial charge in [0.15, 0.2) is 5.13 Å². The van der Waals surface area contributed by atoms with E-state index < -0.39 is 0 Å². The largest absolute Gasteiger partial charge is 0.494 e. The Morgan fingerprint density at radius 3 is 2.83 bits per heavy atom. The van der Waals surface area contributed by atoms with E-state index in [1.54, 1.807) is 11.3 Å². The molecule has 0 aliphatic carbocycles. The van der Waals surface area contributed by atoms with E-state index in [9.17, 15) is 0 Å². The van der Waals surface area contributed by atoms with Crippen LogP contribution in [0.15, 0.2) is 42.5 Å². The fraction of sp³-hybridized carbons (Fsp3) is 0.176. The summed E-state index contributed by atoms with van der Waals surface area (Å²) in [6.45, 7) is 2.64. The van der Waals surface area contributed by atoms with E-state index in [-0.39, 0.29) is 0 Å². The van der Waals surface area contributed by atoms with Crippen LogP contribution >= 0.6 is 11.3 Å². The number of hydrogen-bond donors (Lipinski definition) is 1. The molecule has 5 nitrogen and oxygen atoms in total. The Hall–Kier alpha value is -2.60. The molecule has 1 N–H and O–H groups in total. The number of nitrogens with zero attached hydrogens (tertiary/aromatic N) is 3. The van der Waals surface area contributed by atoms with Gasteiger partial charge in [0.1, 0.15) is 5.75 Å². The van der Waals surface area contributed by atoms with Crippen molar-refractivity contribution in [3.63, 3.8) is 0 Å². The highest BCUT2D eigenvalue weighted by Gasteiger charge is 2.10. The predicted octanol–water partition coefficient (Wildman–Crippen LogP) is 4.33. The number of aryl methyl sites for hydroxylation is 1. The molecule has 23 heavy (non-hydrogen) atoms. The maximum atomic E-state index is 5.54. The lowest BCUT2D eigenvalue weighted by Crippen LogP contribution is -1.98. The molecule has 0 atom stereocenters. The zero-order chi connectivity index (χ0) is 15.8. The van der Waals surface area contributed by atoms with Crippen LogP contribution in [0.4, 0.5) is 11.1 Å². The van der Waals surface area contributed by atoms with Crippen LogP contribution in [-0.4, -0.2) is 21.1 Å². The molecule has 6 heteroatoms. The van der Waals surface area contributed by atoms with Crippen LogP contribution in [0.1, 0.15) is 6.92 Å². The second-order valence-electron chi connectivity index (χ2n) is 5.19. The van der Waals surface area contributed by atoms with Gasteiger partial charge in [-0.25, -0.2) is 9.97 Å². The first-order valence-electron chi connectivity index (χ1n) is 7.46. The Kier molecular flexibility index (Phi) is 3.38. The minimum absolute atomic E-state index is 0.662. The number of fused-ring (bicyclic) bond motifs is 2. The second kappa shape index (κ2) is 5.55. The van der Waals surface area contributed by atoms with Gasteiger partial charge in [-0.05, 0) is 37.3 Å². The van der Waals surface area contributed by atoms with Gasteiger partial charge in [0.25, 0.3) is 0 Å². The van der Waals surface area contributed by atoms with Gasteiger partial charge >= 0.3 is 0 Å². The van der Waals surface area contributed by atoms with Crippen LogP contribution in [0, 0.1) is 0 Å². The van der Waals surface area contributed by atoms with Crippen molar-refractivity contribution in [1.29, 1.82) is 0 Å². The van der Waals surface area contributed by atoms with Gasteiger partial charge in [-0.2, -0.15) is 0 Å². The monoisotopic (exact) mass is 324 g/mol. The van der Waals surface area contributed by atoms with Crippen LogP contribution in [0.2, 0.25) is 0 Å². The van der Waals surface area contributed by atoms with Gasteiger partial charge in [-0.15, -0.1) is 0 Å². The van der Waals surface area contributed by atoms with Crippen LogP contribution in [0.3, 0.4) is 0 Å². The van der Waals surface area contributed by atoms with E-state index in [1.807, 2.05) is 54.9 Å². The molecule has 0 amide bonds. The molecule has 4 aromatic rings. The number of nitrogens with one attached hydrogen (secondary N) is 1. The molecule has 0 unspecified atom stereocenters. The number of ether oxygens (including phenoxy) is 1. The smallest absolute Gasteiger partial charge is 0.209 e. The Morgan fingerprint density at radius 2 is 2.00 bits per heavy atom. The van der Waals surface area contributed by atoms with Crippen LogP contribution in [0.5, 0.6) is 5.75 Å². The molecule has 2 aromatic carbocycles. The summed E-state index contributed by atoms with van der Waals surface area (Å²) in [7, 11) is 2.00. The Bertz CT molecular complexity index is 989. The van der Waals surface area contributed by atoms with Gasteiger partial charge < -0.3 is 14.6 Å². The molecule has 0 aliphatic rings. The quantitative estimate of drug-likeness (QED) is 0.607. The summed E-state index contributed by atoms with van der Waals surface area (Å²) in [5.74, 6) is 1.66. The highest BCUT2D eigenvalue weighted by Crippen LogP contribution is 2.31. The first-order valence-corrected chi connectivity index (χ1v) is 8.28. The van der Waals surface area contributed by atoms with Gasteiger partial charge in [-0.1, -0.05) is 23.5 Å². The van der Waals surface area contributed by atoms with Crippen molar-refractivity contribution >= 4 is 43.7 Å². The van der Waals surface area contributed by atoms with E-state index in [0.717, 1.165) is 38.1 Å². The Balaban J connectivity index is 1.69. The maximum absolute atomic E-state index is 5.54. The molecule has 4 rings (SSSR count). The van der Waals surface area contributed by atoms with Crippen molar-refractivity contribution in [3.8, 4) is 5.75 Å². The normalized spacial score (nSPS) is 11.2. The summed E-state index contributed by atoms with van der Waals surface area (Å²) in [6.07, 6.45) is 0. The summed E-state index contributed by atoms with van der Waals surface area (Å²) >= 11 is 1.60. The lowest BCUT2D eigenvalue weighted by atomic mass is 10.3. The highest BCUT2D eigenvalue weighted by atomic mass is 32.1. The number of aromatic nitrogens is 3. The predicted molar refractivity (Wildman–Crippen MR) is 94.8 cm³/mol. The van der Waals surface area contributed by atoms with Crippen molar-refractivity contribution in [1.82, 2.24) is 14.5 Å². The molecule has 0 bridgehead atoms. The standard InChI is InChI=1S/C17H16N4OS/c1-3-22-11-8-9-13-15(10-11)23-17(19-13)20-16-18-12-6-4-5-7-14(12)21(16)2/h4-10H,3H2,1-2H3,(H,18,19,20). The summed E-state index contributed by atoms with van der Waals surface area (Å²) in [4.78, 5) is 9.24. The van der Waals surface area contributed by atoms with E-state index in [0.29, 0.717) is 6.61 Å². The Labute approximate surface area is 137 Å². The van der Waals surface area contributed by atoms with Crippen molar-refractivity contribution in [2.24, 2.45) is 7.05 Å². The van der Waals surface area contributed by atoms with E-state index in [2.05, 4.69) is 21.4 Å². The molecule has 116 valence electrons. The molecule has 0 spiro atoms. The number of thiazole rings is 1. The summed E-state index contributed by atoms with van der Waals surface area (Å²) in [6, 6.07) is 14.0. The van der Waals surface area contributed by atoms with Gasteiger partial charge in [-0.3, -0.25) is 0 Å².